The fraction of sp³-hybridized carbons (Fsp3) is 0.0714. The molecule has 2 aromatic rings. The summed E-state index contributed by atoms with van der Waals surface area (Å²) in [5, 5.41) is 3.00. The van der Waals surface area contributed by atoms with Gasteiger partial charge >= 0.3 is 0 Å². The summed E-state index contributed by atoms with van der Waals surface area (Å²) < 4.78 is 14.2. The number of amides is 1. The highest BCUT2D eigenvalue weighted by atomic mass is 79.9. The molecule has 0 bridgehead atoms. The van der Waals surface area contributed by atoms with Gasteiger partial charge in [-0.15, -0.1) is 11.8 Å². The second kappa shape index (κ2) is 7.15. The van der Waals surface area contributed by atoms with Crippen LogP contribution in [0.4, 0.5) is 15.8 Å². The van der Waals surface area contributed by atoms with E-state index in [1.807, 2.05) is 0 Å². The van der Waals surface area contributed by atoms with Crippen LogP contribution in [0.3, 0.4) is 0 Å². The summed E-state index contributed by atoms with van der Waals surface area (Å²) in [6, 6.07) is 9.52. The first-order valence-corrected chi connectivity index (χ1v) is 8.04. The molecule has 0 atom stereocenters. The van der Waals surface area contributed by atoms with Crippen LogP contribution < -0.4 is 11.1 Å². The third kappa shape index (κ3) is 4.62. The molecule has 0 aliphatic rings. The second-order valence-electron chi connectivity index (χ2n) is 4.15. The molecule has 0 fully saturated rings. The predicted molar refractivity (Wildman–Crippen MR) is 89.3 cm³/mol. The van der Waals surface area contributed by atoms with Crippen LogP contribution in [0.1, 0.15) is 0 Å². The average molecular weight is 390 g/mol. The van der Waals surface area contributed by atoms with E-state index in [1.165, 1.54) is 23.9 Å². The fourth-order valence-electron chi connectivity index (χ4n) is 1.55. The number of hydrogen-bond acceptors (Lipinski definition) is 3. The lowest BCUT2D eigenvalue weighted by molar-refractivity contribution is -0.113. The Hall–Kier alpha value is -1.24. The van der Waals surface area contributed by atoms with Gasteiger partial charge in [0.15, 0.2) is 0 Å². The Morgan fingerprint density at radius 1 is 1.33 bits per heavy atom. The molecule has 0 spiro atoms. The Morgan fingerprint density at radius 2 is 2.10 bits per heavy atom. The van der Waals surface area contributed by atoms with Crippen LogP contribution in [-0.2, 0) is 4.79 Å². The number of thioether (sulfide) groups is 1. The van der Waals surface area contributed by atoms with Crippen LogP contribution in [-0.4, -0.2) is 11.7 Å². The van der Waals surface area contributed by atoms with Crippen LogP contribution in [0.15, 0.2) is 45.8 Å². The van der Waals surface area contributed by atoms with E-state index in [9.17, 15) is 9.18 Å². The molecule has 0 saturated heterocycles. The molecule has 1 amide bonds. The van der Waals surface area contributed by atoms with Crippen LogP contribution >= 0.6 is 39.3 Å². The third-order valence-electron chi connectivity index (χ3n) is 2.52. The molecule has 3 nitrogen and oxygen atoms in total. The van der Waals surface area contributed by atoms with Crippen molar-refractivity contribution in [3.05, 3.63) is 51.7 Å². The van der Waals surface area contributed by atoms with Crippen molar-refractivity contribution in [3.63, 3.8) is 0 Å². The Balaban J connectivity index is 1.96. The van der Waals surface area contributed by atoms with Gasteiger partial charge in [0.2, 0.25) is 5.91 Å². The van der Waals surface area contributed by atoms with Gasteiger partial charge in [0, 0.05) is 15.1 Å². The van der Waals surface area contributed by atoms with E-state index in [4.69, 9.17) is 17.3 Å². The Bertz CT molecular complexity index is 684. The molecule has 0 heterocycles. The topological polar surface area (TPSA) is 55.1 Å². The molecule has 21 heavy (non-hydrogen) atoms. The Kier molecular flexibility index (Phi) is 5.50. The zero-order valence-electron chi connectivity index (χ0n) is 10.7. The summed E-state index contributed by atoms with van der Waals surface area (Å²) in [6.45, 7) is 0. The summed E-state index contributed by atoms with van der Waals surface area (Å²) in [4.78, 5) is 12.6. The predicted octanol–water partition coefficient (Wildman–Crippen LogP) is 4.55. The number of carbonyl (C=O) groups is 1. The highest BCUT2D eigenvalue weighted by Gasteiger charge is 2.09. The van der Waals surface area contributed by atoms with Crippen LogP contribution in [0.25, 0.3) is 0 Å². The number of rotatable bonds is 4. The lowest BCUT2D eigenvalue weighted by atomic mass is 10.3. The average Bonchev–Trinajstić information content (AvgIpc) is 2.41. The molecule has 3 N–H and O–H groups in total. The van der Waals surface area contributed by atoms with Gasteiger partial charge in [0.05, 0.1) is 16.5 Å². The molecule has 2 aromatic carbocycles. The number of halogens is 3. The number of carbonyl (C=O) groups excluding carboxylic acids is 1. The van der Waals surface area contributed by atoms with Crippen LogP contribution in [0, 0.1) is 5.82 Å². The number of benzene rings is 2. The van der Waals surface area contributed by atoms with Gasteiger partial charge in [-0.1, -0.05) is 27.5 Å². The fourth-order valence-corrected chi connectivity index (χ4v) is 2.96. The minimum atomic E-state index is -0.492. The molecule has 0 radical (unpaired) electrons. The highest BCUT2D eigenvalue weighted by molar-refractivity contribution is 9.10. The first-order valence-electron chi connectivity index (χ1n) is 5.88. The second-order valence-corrected chi connectivity index (χ2v) is 6.49. The quantitative estimate of drug-likeness (QED) is 0.595. The van der Waals surface area contributed by atoms with E-state index in [0.717, 1.165) is 4.90 Å². The summed E-state index contributed by atoms with van der Waals surface area (Å²) >= 11 is 10.4. The van der Waals surface area contributed by atoms with Crippen molar-refractivity contribution in [1.29, 1.82) is 0 Å². The number of nitrogens with two attached hydrogens (primary N) is 1. The molecule has 7 heteroatoms. The van der Waals surface area contributed by atoms with Crippen molar-refractivity contribution in [2.75, 3.05) is 16.8 Å². The van der Waals surface area contributed by atoms with Crippen molar-refractivity contribution >= 4 is 56.6 Å². The SMILES string of the molecule is Nc1ccc(SCC(=O)Nc2ccc(Br)cc2F)c(Cl)c1. The van der Waals surface area contributed by atoms with Gasteiger partial charge in [0.25, 0.3) is 0 Å². The van der Waals surface area contributed by atoms with Gasteiger partial charge in [-0.05, 0) is 36.4 Å². The number of nitrogen functional groups attached to an aromatic ring is 1. The van der Waals surface area contributed by atoms with Crippen LogP contribution in [0.2, 0.25) is 5.02 Å². The molecule has 0 aliphatic carbocycles. The van der Waals surface area contributed by atoms with Crippen molar-refractivity contribution < 1.29 is 9.18 Å². The molecule has 0 saturated carbocycles. The van der Waals surface area contributed by atoms with E-state index < -0.39 is 5.82 Å². The number of nitrogens with one attached hydrogen (secondary N) is 1. The zero-order chi connectivity index (χ0) is 15.4. The first kappa shape index (κ1) is 16.1. The van der Waals surface area contributed by atoms with Crippen molar-refractivity contribution in [2.45, 2.75) is 4.90 Å². The maximum atomic E-state index is 13.6. The van der Waals surface area contributed by atoms with Crippen molar-refractivity contribution in [3.8, 4) is 0 Å². The van der Waals surface area contributed by atoms with E-state index in [-0.39, 0.29) is 17.3 Å². The van der Waals surface area contributed by atoms with Gasteiger partial charge in [-0.25, -0.2) is 4.39 Å². The largest absolute Gasteiger partial charge is 0.399 e. The lowest BCUT2D eigenvalue weighted by Gasteiger charge is -2.08. The summed E-state index contributed by atoms with van der Waals surface area (Å²) in [6.07, 6.45) is 0. The Morgan fingerprint density at radius 3 is 2.76 bits per heavy atom. The standard InChI is InChI=1S/C14H11BrClFN2OS/c15-8-1-3-12(11(17)5-8)19-14(20)7-21-13-4-2-9(18)6-10(13)16/h1-6H,7,18H2,(H,19,20). The number of anilines is 2. The summed E-state index contributed by atoms with van der Waals surface area (Å²) in [7, 11) is 0. The van der Waals surface area contributed by atoms with E-state index >= 15 is 0 Å². The maximum absolute atomic E-state index is 13.6. The van der Waals surface area contributed by atoms with Gasteiger partial charge < -0.3 is 11.1 Å². The molecular weight excluding hydrogens is 379 g/mol. The zero-order valence-corrected chi connectivity index (χ0v) is 13.9. The van der Waals surface area contributed by atoms with Crippen molar-refractivity contribution in [1.82, 2.24) is 0 Å². The summed E-state index contributed by atoms with van der Waals surface area (Å²) in [5.74, 6) is -0.679. The van der Waals surface area contributed by atoms with Crippen LogP contribution in [0.5, 0.6) is 0 Å². The minimum Gasteiger partial charge on any atom is -0.399 e. The molecular formula is C14H11BrClFN2OS. The third-order valence-corrected chi connectivity index (χ3v) is 4.51. The molecule has 2 rings (SSSR count). The van der Waals surface area contributed by atoms with Gasteiger partial charge in [0.1, 0.15) is 5.82 Å². The lowest BCUT2D eigenvalue weighted by Crippen LogP contribution is -2.15. The molecule has 0 aromatic heterocycles. The van der Waals surface area contributed by atoms with Gasteiger partial charge in [-0.2, -0.15) is 0 Å². The summed E-state index contributed by atoms with van der Waals surface area (Å²) in [5.41, 5.74) is 6.30. The van der Waals surface area contributed by atoms with E-state index in [1.54, 1.807) is 24.3 Å². The van der Waals surface area contributed by atoms with Gasteiger partial charge in [-0.3, -0.25) is 4.79 Å². The smallest absolute Gasteiger partial charge is 0.234 e. The monoisotopic (exact) mass is 388 g/mol. The molecule has 110 valence electrons. The molecule has 0 aliphatic heterocycles. The minimum absolute atomic E-state index is 0.124. The van der Waals surface area contributed by atoms with Crippen molar-refractivity contribution in [2.24, 2.45) is 0 Å². The van der Waals surface area contributed by atoms with E-state index in [2.05, 4.69) is 21.2 Å². The van der Waals surface area contributed by atoms with E-state index in [0.29, 0.717) is 15.2 Å². The molecule has 0 unspecified atom stereocenters. The normalized spacial score (nSPS) is 10.4. The first-order chi connectivity index (χ1) is 9.95. The number of hydrogen-bond donors (Lipinski definition) is 2. The highest BCUT2D eigenvalue weighted by Crippen LogP contribution is 2.29. The maximum Gasteiger partial charge on any atom is 0.234 e. The Labute approximate surface area is 139 Å².